The molecule has 5 nitrogen and oxygen atoms in total. The van der Waals surface area contributed by atoms with Crippen molar-refractivity contribution in [3.8, 4) is 0 Å². The summed E-state index contributed by atoms with van der Waals surface area (Å²) in [6.07, 6.45) is 0. The monoisotopic (exact) mass is 428 g/mol. The van der Waals surface area contributed by atoms with E-state index in [1.807, 2.05) is 18.7 Å². The fourth-order valence-corrected chi connectivity index (χ4v) is 3.39. The molecule has 1 aliphatic heterocycles. The predicted molar refractivity (Wildman–Crippen MR) is 97.2 cm³/mol. The second-order valence-electron chi connectivity index (χ2n) is 5.70. The number of hydrogen-bond donors (Lipinski definition) is 1. The van der Waals surface area contributed by atoms with Crippen LogP contribution in [0.3, 0.4) is 0 Å². The fourth-order valence-electron chi connectivity index (χ4n) is 3.06. The molecule has 1 aromatic carbocycles. The number of aromatic nitrogens is 2. The minimum absolute atomic E-state index is 0.0767. The molecular formula is C16H18FIN4O. The molecule has 0 amide bonds. The number of aryl methyl sites for hydroxylation is 2. The van der Waals surface area contributed by atoms with Crippen molar-refractivity contribution in [1.82, 2.24) is 10.2 Å². The highest BCUT2D eigenvalue weighted by molar-refractivity contribution is 14.1. The van der Waals surface area contributed by atoms with Gasteiger partial charge in [0.25, 0.3) is 0 Å². The van der Waals surface area contributed by atoms with Crippen molar-refractivity contribution in [2.24, 2.45) is 0 Å². The number of carbonyl (C=O) groups is 1. The van der Waals surface area contributed by atoms with Crippen molar-refractivity contribution in [2.45, 2.75) is 13.8 Å². The number of carbonyl (C=O) groups excluding carboxylic acids is 1. The summed E-state index contributed by atoms with van der Waals surface area (Å²) in [6, 6.07) is 4.55. The lowest BCUT2D eigenvalue weighted by atomic mass is 10.1. The smallest absolute Gasteiger partial charge is 0.222 e. The van der Waals surface area contributed by atoms with Gasteiger partial charge in [-0.05, 0) is 32.0 Å². The van der Waals surface area contributed by atoms with Gasteiger partial charge in [-0.15, -0.1) is 0 Å². The Kier molecular flexibility index (Phi) is 4.56. The van der Waals surface area contributed by atoms with Gasteiger partial charge in [-0.3, -0.25) is 9.89 Å². The molecule has 1 saturated heterocycles. The van der Waals surface area contributed by atoms with Crippen LogP contribution in [-0.4, -0.2) is 40.2 Å². The van der Waals surface area contributed by atoms with Gasteiger partial charge in [-0.1, -0.05) is 0 Å². The Hall–Kier alpha value is -1.64. The lowest BCUT2D eigenvalue weighted by molar-refractivity contribution is 0.110. The number of rotatable bonds is 3. The number of halogens is 2. The van der Waals surface area contributed by atoms with Gasteiger partial charge >= 0.3 is 0 Å². The van der Waals surface area contributed by atoms with Gasteiger partial charge < -0.3 is 9.80 Å². The van der Waals surface area contributed by atoms with E-state index in [0.29, 0.717) is 24.3 Å². The largest absolute Gasteiger partial charge is 0.366 e. The molecule has 23 heavy (non-hydrogen) atoms. The molecule has 0 atom stereocenters. The Morgan fingerprint density at radius 3 is 2.43 bits per heavy atom. The van der Waals surface area contributed by atoms with Crippen LogP contribution in [0.5, 0.6) is 0 Å². The minimum Gasteiger partial charge on any atom is -0.366 e. The van der Waals surface area contributed by atoms with E-state index in [1.165, 1.54) is 12.1 Å². The number of piperazine rings is 1. The maximum atomic E-state index is 14.1. The van der Waals surface area contributed by atoms with E-state index in [9.17, 15) is 9.18 Å². The lowest BCUT2D eigenvalue weighted by Crippen LogP contribution is -2.47. The second-order valence-corrected chi connectivity index (χ2v) is 6.68. The van der Waals surface area contributed by atoms with Gasteiger partial charge in [0.1, 0.15) is 5.82 Å². The van der Waals surface area contributed by atoms with Crippen LogP contribution in [0.1, 0.15) is 21.7 Å². The molecule has 1 fully saturated rings. The van der Waals surface area contributed by atoms with E-state index in [0.717, 1.165) is 30.2 Å². The van der Waals surface area contributed by atoms with Crippen LogP contribution < -0.4 is 9.80 Å². The summed E-state index contributed by atoms with van der Waals surface area (Å²) in [5.41, 5.74) is 4.22. The number of nitrogens with one attached hydrogen (secondary N) is 1. The van der Waals surface area contributed by atoms with Crippen LogP contribution in [0.15, 0.2) is 18.2 Å². The van der Waals surface area contributed by atoms with Crippen LogP contribution in [-0.2, 0) is 0 Å². The van der Waals surface area contributed by atoms with Gasteiger partial charge in [-0.25, -0.2) is 4.39 Å². The molecule has 3 rings (SSSR count). The molecule has 0 unspecified atom stereocenters. The van der Waals surface area contributed by atoms with Crippen molar-refractivity contribution >= 4 is 37.8 Å². The predicted octanol–water partition coefficient (Wildman–Crippen LogP) is 3.07. The molecule has 0 saturated carbocycles. The topological polar surface area (TPSA) is 52.2 Å². The normalized spacial score (nSPS) is 15.1. The second kappa shape index (κ2) is 6.46. The minimum atomic E-state index is -0.282. The molecule has 2 aromatic rings. The number of nitrogens with zero attached hydrogens (tertiary/aromatic N) is 3. The first-order chi connectivity index (χ1) is 11.0. The molecule has 0 spiro atoms. The highest BCUT2D eigenvalue weighted by atomic mass is 127. The SMILES string of the molecule is Cc1n[nH]c(C)c1N1CCN(c2cc(C(=O)I)ccc2F)CC1. The summed E-state index contributed by atoms with van der Waals surface area (Å²) < 4.78 is 14.1. The van der Waals surface area contributed by atoms with Crippen LogP contribution in [0.2, 0.25) is 0 Å². The third-order valence-electron chi connectivity index (χ3n) is 4.20. The van der Waals surface area contributed by atoms with Crippen LogP contribution in [0, 0.1) is 19.7 Å². The number of anilines is 2. The summed E-state index contributed by atoms with van der Waals surface area (Å²) in [4.78, 5) is 15.8. The van der Waals surface area contributed by atoms with Gasteiger partial charge in [-0.2, -0.15) is 5.10 Å². The summed E-state index contributed by atoms with van der Waals surface area (Å²) in [5, 5.41) is 7.24. The zero-order valence-corrected chi connectivity index (χ0v) is 15.2. The molecule has 1 N–H and O–H groups in total. The van der Waals surface area contributed by atoms with Crippen molar-refractivity contribution < 1.29 is 9.18 Å². The van der Waals surface area contributed by atoms with Crippen LogP contribution in [0.25, 0.3) is 0 Å². The lowest BCUT2D eigenvalue weighted by Gasteiger charge is -2.37. The van der Waals surface area contributed by atoms with E-state index < -0.39 is 0 Å². The number of benzene rings is 1. The molecule has 1 aromatic heterocycles. The molecule has 0 aliphatic carbocycles. The van der Waals surface area contributed by atoms with Crippen molar-refractivity contribution in [3.05, 3.63) is 41.0 Å². The average Bonchev–Trinajstić information content (AvgIpc) is 2.87. The van der Waals surface area contributed by atoms with E-state index >= 15 is 0 Å². The molecule has 0 radical (unpaired) electrons. The third-order valence-corrected chi connectivity index (χ3v) is 4.82. The zero-order chi connectivity index (χ0) is 16.6. The average molecular weight is 428 g/mol. The van der Waals surface area contributed by atoms with Gasteiger partial charge in [0.15, 0.2) is 0 Å². The molecule has 7 heteroatoms. The molecule has 0 bridgehead atoms. The highest BCUT2D eigenvalue weighted by Gasteiger charge is 2.23. The number of hydrogen-bond acceptors (Lipinski definition) is 4. The Morgan fingerprint density at radius 2 is 1.87 bits per heavy atom. The quantitative estimate of drug-likeness (QED) is 0.604. The van der Waals surface area contributed by atoms with E-state index in [1.54, 1.807) is 28.7 Å². The Labute approximate surface area is 148 Å². The molecule has 1 aliphatic rings. The molecule has 2 heterocycles. The fraction of sp³-hybridized carbons (Fsp3) is 0.375. The Morgan fingerprint density at radius 1 is 1.22 bits per heavy atom. The maximum absolute atomic E-state index is 14.1. The number of H-pyrrole nitrogens is 1. The summed E-state index contributed by atoms with van der Waals surface area (Å²) >= 11 is 1.73. The van der Waals surface area contributed by atoms with Crippen molar-refractivity contribution in [1.29, 1.82) is 0 Å². The van der Waals surface area contributed by atoms with Crippen LogP contribution in [0.4, 0.5) is 15.8 Å². The van der Waals surface area contributed by atoms with E-state index in [-0.39, 0.29) is 9.61 Å². The first kappa shape index (κ1) is 16.2. The molecule has 122 valence electrons. The van der Waals surface area contributed by atoms with Gasteiger partial charge in [0, 0.05) is 54.3 Å². The highest BCUT2D eigenvalue weighted by Crippen LogP contribution is 2.27. The van der Waals surface area contributed by atoms with Gasteiger partial charge in [0.2, 0.25) is 3.79 Å². The molecular weight excluding hydrogens is 410 g/mol. The van der Waals surface area contributed by atoms with Crippen molar-refractivity contribution in [3.63, 3.8) is 0 Å². The Balaban J connectivity index is 1.77. The van der Waals surface area contributed by atoms with Gasteiger partial charge in [0.05, 0.1) is 22.8 Å². The van der Waals surface area contributed by atoms with E-state index in [4.69, 9.17) is 0 Å². The summed E-state index contributed by atoms with van der Waals surface area (Å²) in [6.45, 7) is 7.00. The summed E-state index contributed by atoms with van der Waals surface area (Å²) in [7, 11) is 0. The zero-order valence-electron chi connectivity index (χ0n) is 13.1. The first-order valence-electron chi connectivity index (χ1n) is 7.48. The third kappa shape index (κ3) is 3.19. The Bertz CT molecular complexity index is 718. The standard InChI is InChI=1S/C16H18FIN4O/c1-10-15(11(2)20-19-10)22-7-5-21(6-8-22)14-9-12(16(18)23)3-4-13(14)17/h3-4,9H,5-8H2,1-2H3,(H,19,20). The van der Waals surface area contributed by atoms with E-state index in [2.05, 4.69) is 15.1 Å². The maximum Gasteiger partial charge on any atom is 0.222 e. The van der Waals surface area contributed by atoms with Crippen molar-refractivity contribution in [2.75, 3.05) is 36.0 Å². The number of aromatic amines is 1. The van der Waals surface area contributed by atoms with Crippen LogP contribution >= 0.6 is 22.6 Å². The summed E-state index contributed by atoms with van der Waals surface area (Å²) in [5.74, 6) is -0.282. The first-order valence-corrected chi connectivity index (χ1v) is 8.56.